The highest BCUT2D eigenvalue weighted by Gasteiger charge is 2.17. The average molecular weight is 258 g/mol. The van der Waals surface area contributed by atoms with Crippen LogP contribution in [0.25, 0.3) is 0 Å². The van der Waals surface area contributed by atoms with E-state index in [1.54, 1.807) is 6.07 Å². The Morgan fingerprint density at radius 1 is 1.18 bits per heavy atom. The smallest absolute Gasteiger partial charge is 0.178 e. The zero-order chi connectivity index (χ0) is 12.9. The lowest BCUT2D eigenvalue weighted by molar-refractivity contribution is 0.453. The molecule has 4 heteroatoms. The summed E-state index contributed by atoms with van der Waals surface area (Å²) in [6, 6.07) is 1.69. The fourth-order valence-electron chi connectivity index (χ4n) is 1.87. The van der Waals surface area contributed by atoms with Gasteiger partial charge in [0, 0.05) is 19.1 Å². The van der Waals surface area contributed by atoms with Crippen molar-refractivity contribution in [3.63, 3.8) is 0 Å². The Bertz CT molecular complexity index is 443. The third-order valence-electron chi connectivity index (χ3n) is 2.82. The van der Waals surface area contributed by atoms with Crippen LogP contribution in [0.4, 0.5) is 0 Å². The van der Waals surface area contributed by atoms with Crippen LogP contribution in [0.1, 0.15) is 51.1 Å². The summed E-state index contributed by atoms with van der Waals surface area (Å²) in [5.74, 6) is 1.40. The standard InChI is InChI=1S/C13H22O3S/c1-4-6-7-8-9-11-10-13(17(3,14)15)12(5-2)16-11/h10H,4-9H2,1-3H3. The van der Waals surface area contributed by atoms with Gasteiger partial charge in [0.1, 0.15) is 16.4 Å². The maximum absolute atomic E-state index is 11.5. The molecule has 0 aliphatic rings. The quantitative estimate of drug-likeness (QED) is 0.704. The van der Waals surface area contributed by atoms with Gasteiger partial charge >= 0.3 is 0 Å². The minimum atomic E-state index is -3.15. The SMILES string of the molecule is CCCCCCc1cc(S(C)(=O)=O)c(CC)o1. The fourth-order valence-corrected chi connectivity index (χ4v) is 2.82. The third kappa shape index (κ3) is 4.19. The molecule has 0 saturated carbocycles. The number of hydrogen-bond donors (Lipinski definition) is 0. The van der Waals surface area contributed by atoms with Gasteiger partial charge in [-0.3, -0.25) is 0 Å². The van der Waals surface area contributed by atoms with Crippen molar-refractivity contribution in [2.45, 2.75) is 57.3 Å². The van der Waals surface area contributed by atoms with E-state index < -0.39 is 9.84 Å². The van der Waals surface area contributed by atoms with Crippen molar-refractivity contribution in [3.8, 4) is 0 Å². The van der Waals surface area contributed by atoms with E-state index in [-0.39, 0.29) is 0 Å². The van der Waals surface area contributed by atoms with Gasteiger partial charge < -0.3 is 4.42 Å². The van der Waals surface area contributed by atoms with E-state index in [0.717, 1.165) is 18.6 Å². The zero-order valence-electron chi connectivity index (χ0n) is 11.0. The Morgan fingerprint density at radius 2 is 1.88 bits per heavy atom. The summed E-state index contributed by atoms with van der Waals surface area (Å²) in [6.45, 7) is 4.08. The Hall–Kier alpha value is -0.770. The van der Waals surface area contributed by atoms with Gasteiger partial charge in [-0.15, -0.1) is 0 Å². The van der Waals surface area contributed by atoms with Crippen molar-refractivity contribution in [1.82, 2.24) is 0 Å². The molecule has 0 amide bonds. The van der Waals surface area contributed by atoms with Crippen LogP contribution < -0.4 is 0 Å². The Morgan fingerprint density at radius 3 is 2.35 bits per heavy atom. The van der Waals surface area contributed by atoms with Crippen LogP contribution in [0, 0.1) is 0 Å². The Balaban J connectivity index is 2.73. The topological polar surface area (TPSA) is 47.3 Å². The predicted molar refractivity (Wildman–Crippen MR) is 69.0 cm³/mol. The van der Waals surface area contributed by atoms with Crippen LogP contribution >= 0.6 is 0 Å². The average Bonchev–Trinajstić information content (AvgIpc) is 2.67. The number of hydrogen-bond acceptors (Lipinski definition) is 3. The lowest BCUT2D eigenvalue weighted by atomic mass is 10.1. The molecule has 0 saturated heterocycles. The van der Waals surface area contributed by atoms with Gasteiger partial charge in [-0.05, 0) is 12.5 Å². The normalized spacial score (nSPS) is 11.9. The highest BCUT2D eigenvalue weighted by Crippen LogP contribution is 2.22. The molecule has 17 heavy (non-hydrogen) atoms. The molecule has 0 aliphatic carbocycles. The van der Waals surface area contributed by atoms with Crippen molar-refractivity contribution in [2.75, 3.05) is 6.26 Å². The van der Waals surface area contributed by atoms with Crippen molar-refractivity contribution >= 4 is 9.84 Å². The van der Waals surface area contributed by atoms with Crippen LogP contribution in [0.3, 0.4) is 0 Å². The maximum atomic E-state index is 11.5. The zero-order valence-corrected chi connectivity index (χ0v) is 11.8. The number of sulfone groups is 1. The number of furan rings is 1. The van der Waals surface area contributed by atoms with E-state index in [9.17, 15) is 8.42 Å². The summed E-state index contributed by atoms with van der Waals surface area (Å²) < 4.78 is 28.7. The second-order valence-electron chi connectivity index (χ2n) is 4.44. The Kier molecular flexibility index (Phi) is 5.25. The first kappa shape index (κ1) is 14.3. The second-order valence-corrected chi connectivity index (χ2v) is 6.42. The van der Waals surface area contributed by atoms with E-state index in [2.05, 4.69) is 6.92 Å². The predicted octanol–water partition coefficient (Wildman–Crippen LogP) is 3.37. The van der Waals surface area contributed by atoms with Crippen LogP contribution in [-0.2, 0) is 22.7 Å². The lowest BCUT2D eigenvalue weighted by Gasteiger charge is -1.96. The maximum Gasteiger partial charge on any atom is 0.178 e. The van der Waals surface area contributed by atoms with Crippen molar-refractivity contribution in [2.24, 2.45) is 0 Å². The highest BCUT2D eigenvalue weighted by atomic mass is 32.2. The molecular weight excluding hydrogens is 236 g/mol. The molecule has 0 fully saturated rings. The van der Waals surface area contributed by atoms with Crippen LogP contribution in [-0.4, -0.2) is 14.7 Å². The van der Waals surface area contributed by atoms with Crippen LogP contribution in [0.2, 0.25) is 0 Å². The first-order valence-corrected chi connectivity index (χ1v) is 8.19. The first-order valence-electron chi connectivity index (χ1n) is 6.30. The van der Waals surface area contributed by atoms with Gasteiger partial charge in [-0.25, -0.2) is 8.42 Å². The monoisotopic (exact) mass is 258 g/mol. The second kappa shape index (κ2) is 6.24. The van der Waals surface area contributed by atoms with Gasteiger partial charge in [-0.1, -0.05) is 33.1 Å². The molecule has 0 aliphatic heterocycles. The van der Waals surface area contributed by atoms with Crippen molar-refractivity contribution in [3.05, 3.63) is 17.6 Å². The molecule has 98 valence electrons. The molecule has 3 nitrogen and oxygen atoms in total. The highest BCUT2D eigenvalue weighted by molar-refractivity contribution is 7.90. The van der Waals surface area contributed by atoms with Gasteiger partial charge in [0.25, 0.3) is 0 Å². The van der Waals surface area contributed by atoms with Crippen molar-refractivity contribution in [1.29, 1.82) is 0 Å². The Labute approximate surface area is 104 Å². The van der Waals surface area contributed by atoms with E-state index >= 15 is 0 Å². The molecule has 0 unspecified atom stereocenters. The summed E-state index contributed by atoms with van der Waals surface area (Å²) in [7, 11) is -3.15. The number of rotatable bonds is 7. The van der Waals surface area contributed by atoms with E-state index in [1.807, 2.05) is 6.92 Å². The minimum Gasteiger partial charge on any atom is -0.465 e. The number of unbranched alkanes of at least 4 members (excludes halogenated alkanes) is 3. The molecule has 1 aromatic heterocycles. The first-order chi connectivity index (χ1) is 7.99. The van der Waals surface area contributed by atoms with E-state index in [4.69, 9.17) is 4.42 Å². The van der Waals surface area contributed by atoms with Gasteiger partial charge in [0.2, 0.25) is 0 Å². The van der Waals surface area contributed by atoms with Crippen LogP contribution in [0.5, 0.6) is 0 Å². The van der Waals surface area contributed by atoms with Gasteiger partial charge in [0.15, 0.2) is 9.84 Å². The summed E-state index contributed by atoms with van der Waals surface area (Å²) in [4.78, 5) is 0.366. The minimum absolute atomic E-state index is 0.366. The molecule has 0 spiro atoms. The molecule has 1 heterocycles. The largest absolute Gasteiger partial charge is 0.465 e. The van der Waals surface area contributed by atoms with Gasteiger partial charge in [0.05, 0.1) is 0 Å². The molecular formula is C13H22O3S. The molecule has 0 atom stereocenters. The molecule has 0 N–H and O–H groups in total. The van der Waals surface area contributed by atoms with E-state index in [0.29, 0.717) is 17.1 Å². The summed E-state index contributed by atoms with van der Waals surface area (Å²) in [5.41, 5.74) is 0. The summed E-state index contributed by atoms with van der Waals surface area (Å²) in [5, 5.41) is 0. The lowest BCUT2D eigenvalue weighted by Crippen LogP contribution is -1.98. The van der Waals surface area contributed by atoms with Gasteiger partial charge in [-0.2, -0.15) is 0 Å². The summed E-state index contributed by atoms with van der Waals surface area (Å²) in [6.07, 6.45) is 7.35. The number of aryl methyl sites for hydroxylation is 2. The molecule has 0 bridgehead atoms. The summed E-state index contributed by atoms with van der Waals surface area (Å²) >= 11 is 0. The fraction of sp³-hybridized carbons (Fsp3) is 0.692. The van der Waals surface area contributed by atoms with E-state index in [1.165, 1.54) is 25.5 Å². The van der Waals surface area contributed by atoms with Crippen molar-refractivity contribution < 1.29 is 12.8 Å². The van der Waals surface area contributed by atoms with Crippen LogP contribution in [0.15, 0.2) is 15.4 Å². The molecule has 1 rings (SSSR count). The third-order valence-corrected chi connectivity index (χ3v) is 3.96. The molecule has 0 aromatic carbocycles. The molecule has 0 radical (unpaired) electrons. The molecule has 1 aromatic rings.